The lowest BCUT2D eigenvalue weighted by atomic mass is 9.98. The van der Waals surface area contributed by atoms with Gasteiger partial charge in [0, 0.05) is 18.4 Å². The maximum Gasteiger partial charge on any atom is 0.407 e. The summed E-state index contributed by atoms with van der Waals surface area (Å²) in [6, 6.07) is 15.7. The number of carbonyl (C=O) groups is 3. The number of benzene rings is 2. The van der Waals surface area contributed by atoms with Crippen LogP contribution < -0.4 is 10.6 Å². The molecule has 0 aliphatic heterocycles. The van der Waals surface area contributed by atoms with Crippen molar-refractivity contribution in [2.75, 3.05) is 11.9 Å². The van der Waals surface area contributed by atoms with E-state index >= 15 is 0 Å². The molecule has 1 aliphatic rings. The average Bonchev–Trinajstić information content (AvgIpc) is 3.34. The lowest BCUT2D eigenvalue weighted by molar-refractivity contribution is -0.116. The standard InChI is InChI=1S/C26H27N3O5S/c1-14(2)21(12-22(30)28-24-23(25(31)32)15(3)29-35-24)27-26(33)34-13-20-18-10-6-4-8-16(18)17-9-5-7-11-19(17)20/h4-11,14,20-21H,12-13H2,1-3H3,(H,27,33)(H,28,30)(H,31,32)/t21-/m0/s1. The first-order chi connectivity index (χ1) is 16.8. The molecule has 1 aromatic heterocycles. The first-order valence-electron chi connectivity index (χ1n) is 11.4. The van der Waals surface area contributed by atoms with Crippen LogP contribution >= 0.6 is 11.5 Å². The maximum absolute atomic E-state index is 12.7. The van der Waals surface area contributed by atoms with Gasteiger partial charge in [0.05, 0.1) is 5.69 Å². The van der Waals surface area contributed by atoms with Crippen molar-refractivity contribution < 1.29 is 24.2 Å². The van der Waals surface area contributed by atoms with Crippen LogP contribution in [0.2, 0.25) is 0 Å². The Hall–Kier alpha value is -3.72. The molecule has 1 atom stereocenters. The third-order valence-corrected chi connectivity index (χ3v) is 7.04. The van der Waals surface area contributed by atoms with Crippen LogP contribution in [0.3, 0.4) is 0 Å². The minimum atomic E-state index is -1.15. The van der Waals surface area contributed by atoms with Crippen molar-refractivity contribution in [3.63, 3.8) is 0 Å². The number of hydrogen-bond donors (Lipinski definition) is 3. The molecule has 0 bridgehead atoms. The second-order valence-electron chi connectivity index (χ2n) is 8.85. The van der Waals surface area contributed by atoms with E-state index in [0.717, 1.165) is 33.8 Å². The van der Waals surface area contributed by atoms with Crippen molar-refractivity contribution >= 4 is 34.5 Å². The number of alkyl carbamates (subject to hydrolysis) is 1. The zero-order chi connectivity index (χ0) is 25.1. The van der Waals surface area contributed by atoms with Crippen LogP contribution in [0, 0.1) is 12.8 Å². The Morgan fingerprint density at radius 3 is 2.23 bits per heavy atom. The van der Waals surface area contributed by atoms with E-state index in [0.29, 0.717) is 5.69 Å². The highest BCUT2D eigenvalue weighted by Crippen LogP contribution is 2.44. The minimum absolute atomic E-state index is 0.0195. The molecular formula is C26H27N3O5S. The van der Waals surface area contributed by atoms with E-state index in [1.165, 1.54) is 0 Å². The van der Waals surface area contributed by atoms with Gasteiger partial charge < -0.3 is 20.5 Å². The van der Waals surface area contributed by atoms with E-state index in [9.17, 15) is 19.5 Å². The van der Waals surface area contributed by atoms with Crippen LogP contribution in [0.4, 0.5) is 9.80 Å². The van der Waals surface area contributed by atoms with Crippen molar-refractivity contribution in [2.24, 2.45) is 5.92 Å². The number of fused-ring (bicyclic) bond motifs is 3. The molecule has 4 rings (SSSR count). The molecule has 9 heteroatoms. The van der Waals surface area contributed by atoms with E-state index in [-0.39, 0.29) is 35.4 Å². The topological polar surface area (TPSA) is 118 Å². The van der Waals surface area contributed by atoms with Crippen molar-refractivity contribution in [3.8, 4) is 11.1 Å². The van der Waals surface area contributed by atoms with Crippen LogP contribution in [0.1, 0.15) is 53.4 Å². The predicted octanol–water partition coefficient (Wildman–Crippen LogP) is 5.04. The molecule has 35 heavy (non-hydrogen) atoms. The average molecular weight is 494 g/mol. The molecular weight excluding hydrogens is 466 g/mol. The number of amides is 2. The minimum Gasteiger partial charge on any atom is -0.478 e. The molecule has 0 fully saturated rings. The molecule has 0 saturated heterocycles. The quantitative estimate of drug-likeness (QED) is 0.405. The van der Waals surface area contributed by atoms with E-state index in [2.05, 4.69) is 39.3 Å². The van der Waals surface area contributed by atoms with Gasteiger partial charge in [0.25, 0.3) is 0 Å². The predicted molar refractivity (Wildman–Crippen MR) is 134 cm³/mol. The number of hydrogen-bond acceptors (Lipinski definition) is 6. The number of anilines is 1. The Morgan fingerprint density at radius 2 is 1.66 bits per heavy atom. The summed E-state index contributed by atoms with van der Waals surface area (Å²) in [5, 5.41) is 14.9. The number of aromatic nitrogens is 1. The smallest absolute Gasteiger partial charge is 0.407 e. The van der Waals surface area contributed by atoms with E-state index in [4.69, 9.17) is 4.74 Å². The van der Waals surface area contributed by atoms with E-state index in [1.54, 1.807) is 6.92 Å². The fraction of sp³-hybridized carbons (Fsp3) is 0.308. The molecule has 1 heterocycles. The number of nitrogens with one attached hydrogen (secondary N) is 2. The molecule has 3 N–H and O–H groups in total. The summed E-state index contributed by atoms with van der Waals surface area (Å²) in [5.74, 6) is -1.67. The van der Waals surface area contributed by atoms with Gasteiger partial charge in [-0.05, 0) is 46.6 Å². The van der Waals surface area contributed by atoms with Gasteiger partial charge in [-0.2, -0.15) is 4.37 Å². The highest BCUT2D eigenvalue weighted by Gasteiger charge is 2.30. The molecule has 2 aromatic carbocycles. The largest absolute Gasteiger partial charge is 0.478 e. The molecule has 182 valence electrons. The molecule has 0 unspecified atom stereocenters. The van der Waals surface area contributed by atoms with Crippen LogP contribution in [0.15, 0.2) is 48.5 Å². The van der Waals surface area contributed by atoms with Gasteiger partial charge in [-0.3, -0.25) is 4.79 Å². The summed E-state index contributed by atoms with van der Waals surface area (Å²) in [6.45, 7) is 5.53. The Labute approximate surface area is 207 Å². The number of carboxylic acids is 1. The van der Waals surface area contributed by atoms with Crippen molar-refractivity contribution in [2.45, 2.75) is 39.2 Å². The normalized spacial score (nSPS) is 13.1. The molecule has 1 aliphatic carbocycles. The molecule has 8 nitrogen and oxygen atoms in total. The number of carboxylic acid groups (broad SMARTS) is 1. The van der Waals surface area contributed by atoms with Crippen LogP contribution in [-0.2, 0) is 9.53 Å². The van der Waals surface area contributed by atoms with Crippen molar-refractivity contribution in [1.29, 1.82) is 0 Å². The van der Waals surface area contributed by atoms with E-state index < -0.39 is 24.0 Å². The highest BCUT2D eigenvalue weighted by molar-refractivity contribution is 7.11. The first kappa shape index (κ1) is 24.4. The number of carbonyl (C=O) groups excluding carboxylic acids is 2. The number of rotatable bonds is 8. The van der Waals surface area contributed by atoms with Crippen LogP contribution in [-0.4, -0.2) is 40.1 Å². The monoisotopic (exact) mass is 493 g/mol. The zero-order valence-electron chi connectivity index (χ0n) is 19.7. The lowest BCUT2D eigenvalue weighted by Crippen LogP contribution is -2.41. The summed E-state index contributed by atoms with van der Waals surface area (Å²) in [5.41, 5.74) is 4.86. The maximum atomic E-state index is 12.7. The Morgan fingerprint density at radius 1 is 1.06 bits per heavy atom. The molecule has 0 radical (unpaired) electrons. The second kappa shape index (κ2) is 10.3. The van der Waals surface area contributed by atoms with Gasteiger partial charge in [-0.1, -0.05) is 62.4 Å². The molecule has 3 aromatic rings. The molecule has 2 amide bonds. The van der Waals surface area contributed by atoms with Gasteiger partial charge in [0.2, 0.25) is 5.91 Å². The van der Waals surface area contributed by atoms with Gasteiger partial charge in [0.15, 0.2) is 0 Å². The molecule has 0 saturated carbocycles. The highest BCUT2D eigenvalue weighted by atomic mass is 32.1. The van der Waals surface area contributed by atoms with Crippen LogP contribution in [0.25, 0.3) is 11.1 Å². The van der Waals surface area contributed by atoms with Crippen molar-refractivity contribution in [3.05, 3.63) is 70.9 Å². The van der Waals surface area contributed by atoms with Gasteiger partial charge in [-0.15, -0.1) is 0 Å². The number of nitrogens with zero attached hydrogens (tertiary/aromatic N) is 1. The SMILES string of the molecule is Cc1nsc(NC(=O)C[C@H](NC(=O)OCC2c3ccccc3-c3ccccc32)C(C)C)c1C(=O)O. The third kappa shape index (κ3) is 5.19. The first-order valence-corrected chi connectivity index (χ1v) is 12.1. The number of aryl methyl sites for hydroxylation is 1. The van der Waals surface area contributed by atoms with Gasteiger partial charge in [-0.25, -0.2) is 9.59 Å². The fourth-order valence-electron chi connectivity index (χ4n) is 4.33. The Bertz CT molecular complexity index is 1220. The summed E-state index contributed by atoms with van der Waals surface area (Å²) in [6.07, 6.45) is -0.629. The summed E-state index contributed by atoms with van der Waals surface area (Å²) in [4.78, 5) is 36.7. The fourth-order valence-corrected chi connectivity index (χ4v) is 5.13. The molecule has 0 spiro atoms. The Balaban J connectivity index is 1.38. The van der Waals surface area contributed by atoms with Crippen LogP contribution in [0.5, 0.6) is 0 Å². The van der Waals surface area contributed by atoms with Gasteiger partial charge in [0.1, 0.15) is 17.2 Å². The van der Waals surface area contributed by atoms with Gasteiger partial charge >= 0.3 is 12.1 Å². The third-order valence-electron chi connectivity index (χ3n) is 6.19. The van der Waals surface area contributed by atoms with Crippen molar-refractivity contribution in [1.82, 2.24) is 9.69 Å². The zero-order valence-corrected chi connectivity index (χ0v) is 20.5. The number of aromatic carboxylic acids is 1. The number of ether oxygens (including phenoxy) is 1. The summed E-state index contributed by atoms with van der Waals surface area (Å²) >= 11 is 0.918. The second-order valence-corrected chi connectivity index (χ2v) is 9.62. The summed E-state index contributed by atoms with van der Waals surface area (Å²) < 4.78 is 9.61. The lowest BCUT2D eigenvalue weighted by Gasteiger charge is -2.22. The summed E-state index contributed by atoms with van der Waals surface area (Å²) in [7, 11) is 0. The Kier molecular flexibility index (Phi) is 7.16. The van der Waals surface area contributed by atoms with E-state index in [1.807, 2.05) is 38.1 Å².